The summed E-state index contributed by atoms with van der Waals surface area (Å²) in [6.07, 6.45) is 1.80. The van der Waals surface area contributed by atoms with Crippen LogP contribution in [0.3, 0.4) is 0 Å². The summed E-state index contributed by atoms with van der Waals surface area (Å²) >= 11 is 0. The van der Waals surface area contributed by atoms with Crippen molar-refractivity contribution in [1.82, 2.24) is 9.66 Å². The van der Waals surface area contributed by atoms with Crippen molar-refractivity contribution in [2.75, 3.05) is 12.0 Å². The number of para-hydroxylation sites is 2. The summed E-state index contributed by atoms with van der Waals surface area (Å²) in [5.41, 5.74) is 5.34. The SMILES string of the molecule is CCNn1cnc2ccccc21. The zero-order chi connectivity index (χ0) is 8.39. The van der Waals surface area contributed by atoms with Gasteiger partial charge in [-0.3, -0.25) is 0 Å². The predicted molar refractivity (Wildman–Crippen MR) is 49.6 cm³/mol. The Morgan fingerprint density at radius 2 is 2.25 bits per heavy atom. The van der Waals surface area contributed by atoms with Crippen LogP contribution in [0.5, 0.6) is 0 Å². The lowest BCUT2D eigenvalue weighted by Gasteiger charge is -2.03. The third kappa shape index (κ3) is 1.03. The third-order valence-corrected chi connectivity index (χ3v) is 1.78. The maximum absolute atomic E-state index is 4.24. The Balaban J connectivity index is 2.55. The second-order valence-corrected chi connectivity index (χ2v) is 2.61. The number of nitrogens with zero attached hydrogens (tertiary/aromatic N) is 2. The molecule has 0 atom stereocenters. The number of nitrogens with one attached hydrogen (secondary N) is 1. The van der Waals surface area contributed by atoms with Crippen molar-refractivity contribution in [3.63, 3.8) is 0 Å². The molecule has 0 saturated heterocycles. The molecule has 0 spiro atoms. The largest absolute Gasteiger partial charge is 0.325 e. The Labute approximate surface area is 71.0 Å². The lowest BCUT2D eigenvalue weighted by Crippen LogP contribution is -2.11. The van der Waals surface area contributed by atoms with Crippen molar-refractivity contribution >= 4 is 11.0 Å². The number of rotatable bonds is 2. The number of hydrogen-bond acceptors (Lipinski definition) is 2. The fraction of sp³-hybridized carbons (Fsp3) is 0.222. The predicted octanol–water partition coefficient (Wildman–Crippen LogP) is 1.60. The Hall–Kier alpha value is -1.51. The molecule has 0 aliphatic carbocycles. The highest BCUT2D eigenvalue weighted by molar-refractivity contribution is 5.75. The molecule has 0 bridgehead atoms. The lowest BCUT2D eigenvalue weighted by atomic mass is 10.3. The smallest absolute Gasteiger partial charge is 0.115 e. The van der Waals surface area contributed by atoms with Crippen LogP contribution in [0.1, 0.15) is 6.92 Å². The first-order valence-corrected chi connectivity index (χ1v) is 4.08. The van der Waals surface area contributed by atoms with Gasteiger partial charge in [-0.05, 0) is 19.1 Å². The molecule has 0 aliphatic rings. The van der Waals surface area contributed by atoms with Crippen molar-refractivity contribution in [1.29, 1.82) is 0 Å². The van der Waals surface area contributed by atoms with E-state index in [4.69, 9.17) is 0 Å². The topological polar surface area (TPSA) is 29.9 Å². The number of benzene rings is 1. The second-order valence-electron chi connectivity index (χ2n) is 2.61. The fourth-order valence-electron chi connectivity index (χ4n) is 1.26. The van der Waals surface area contributed by atoms with Crippen LogP contribution in [0, 0.1) is 0 Å². The molecule has 1 aromatic carbocycles. The van der Waals surface area contributed by atoms with Crippen LogP contribution in [0.4, 0.5) is 0 Å². The van der Waals surface area contributed by atoms with Gasteiger partial charge < -0.3 is 5.43 Å². The number of imidazole rings is 1. The first kappa shape index (κ1) is 7.16. The lowest BCUT2D eigenvalue weighted by molar-refractivity contribution is 0.888. The van der Waals surface area contributed by atoms with Gasteiger partial charge in [-0.15, -0.1) is 0 Å². The minimum Gasteiger partial charge on any atom is -0.325 e. The van der Waals surface area contributed by atoms with Crippen molar-refractivity contribution < 1.29 is 0 Å². The van der Waals surface area contributed by atoms with Gasteiger partial charge in [-0.25, -0.2) is 9.66 Å². The highest BCUT2D eigenvalue weighted by Gasteiger charge is 1.97. The molecule has 0 saturated carbocycles. The zero-order valence-corrected chi connectivity index (χ0v) is 6.99. The summed E-state index contributed by atoms with van der Waals surface area (Å²) in [6.45, 7) is 2.97. The van der Waals surface area contributed by atoms with Crippen LogP contribution in [-0.4, -0.2) is 16.2 Å². The van der Waals surface area contributed by atoms with E-state index in [2.05, 4.69) is 17.3 Å². The van der Waals surface area contributed by atoms with Gasteiger partial charge >= 0.3 is 0 Å². The van der Waals surface area contributed by atoms with Crippen LogP contribution < -0.4 is 5.43 Å². The summed E-state index contributed by atoms with van der Waals surface area (Å²) in [4.78, 5) is 4.24. The normalized spacial score (nSPS) is 10.4. The molecule has 2 rings (SSSR count). The average Bonchev–Trinajstić information content (AvgIpc) is 2.50. The van der Waals surface area contributed by atoms with Gasteiger partial charge in [0.05, 0.1) is 11.0 Å². The highest BCUT2D eigenvalue weighted by atomic mass is 15.4. The molecule has 0 amide bonds. The zero-order valence-electron chi connectivity index (χ0n) is 6.99. The Bertz CT molecular complexity index is 378. The van der Waals surface area contributed by atoms with E-state index in [0.717, 1.165) is 17.6 Å². The van der Waals surface area contributed by atoms with E-state index in [1.54, 1.807) is 6.33 Å². The van der Waals surface area contributed by atoms with Crippen LogP contribution in [0.25, 0.3) is 11.0 Å². The van der Waals surface area contributed by atoms with Gasteiger partial charge in [-0.1, -0.05) is 12.1 Å². The molecule has 1 heterocycles. The third-order valence-electron chi connectivity index (χ3n) is 1.78. The number of fused-ring (bicyclic) bond motifs is 1. The van der Waals surface area contributed by atoms with Gasteiger partial charge in [0.15, 0.2) is 0 Å². The molecule has 0 radical (unpaired) electrons. The minimum atomic E-state index is 0.903. The molecule has 3 nitrogen and oxygen atoms in total. The summed E-state index contributed by atoms with van der Waals surface area (Å²) in [7, 11) is 0. The quantitative estimate of drug-likeness (QED) is 0.725. The van der Waals surface area contributed by atoms with E-state index in [0.29, 0.717) is 0 Å². The first-order valence-electron chi connectivity index (χ1n) is 4.08. The van der Waals surface area contributed by atoms with E-state index in [-0.39, 0.29) is 0 Å². The maximum Gasteiger partial charge on any atom is 0.115 e. The molecule has 0 fully saturated rings. The van der Waals surface area contributed by atoms with Crippen molar-refractivity contribution in [2.24, 2.45) is 0 Å². The molecular weight excluding hydrogens is 150 g/mol. The molecule has 2 aromatic rings. The summed E-state index contributed by atoms with van der Waals surface area (Å²) in [5.74, 6) is 0. The van der Waals surface area contributed by atoms with E-state index >= 15 is 0 Å². The Kier molecular flexibility index (Phi) is 1.70. The van der Waals surface area contributed by atoms with Gasteiger partial charge in [0, 0.05) is 6.54 Å². The molecule has 0 aliphatic heterocycles. The maximum atomic E-state index is 4.24. The van der Waals surface area contributed by atoms with Crippen molar-refractivity contribution in [2.45, 2.75) is 6.92 Å². The Morgan fingerprint density at radius 3 is 3.08 bits per heavy atom. The molecule has 1 aromatic heterocycles. The van der Waals surface area contributed by atoms with Gasteiger partial charge in [0.25, 0.3) is 0 Å². The van der Waals surface area contributed by atoms with Crippen LogP contribution in [0.15, 0.2) is 30.6 Å². The van der Waals surface area contributed by atoms with Crippen LogP contribution in [-0.2, 0) is 0 Å². The average molecular weight is 161 g/mol. The monoisotopic (exact) mass is 161 g/mol. The fourth-order valence-corrected chi connectivity index (χ4v) is 1.26. The number of hydrogen-bond donors (Lipinski definition) is 1. The standard InChI is InChI=1S/C9H11N3/c1-2-11-12-7-10-8-5-3-4-6-9(8)12/h3-7,11H,2H2,1H3. The molecule has 3 heteroatoms. The Morgan fingerprint density at radius 1 is 1.42 bits per heavy atom. The highest BCUT2D eigenvalue weighted by Crippen LogP contribution is 2.09. The van der Waals surface area contributed by atoms with E-state index in [9.17, 15) is 0 Å². The van der Waals surface area contributed by atoms with E-state index in [1.807, 2.05) is 28.9 Å². The van der Waals surface area contributed by atoms with Gasteiger partial charge in [0.2, 0.25) is 0 Å². The van der Waals surface area contributed by atoms with Crippen LogP contribution in [0.2, 0.25) is 0 Å². The molecular formula is C9H11N3. The van der Waals surface area contributed by atoms with Gasteiger partial charge in [-0.2, -0.15) is 0 Å². The van der Waals surface area contributed by atoms with E-state index in [1.165, 1.54) is 0 Å². The molecule has 12 heavy (non-hydrogen) atoms. The van der Waals surface area contributed by atoms with Gasteiger partial charge in [0.1, 0.15) is 6.33 Å². The first-order chi connectivity index (χ1) is 5.92. The second kappa shape index (κ2) is 2.85. The van der Waals surface area contributed by atoms with E-state index < -0.39 is 0 Å². The summed E-state index contributed by atoms with van der Waals surface area (Å²) < 4.78 is 1.94. The molecule has 1 N–H and O–H groups in total. The van der Waals surface area contributed by atoms with Crippen molar-refractivity contribution in [3.05, 3.63) is 30.6 Å². The summed E-state index contributed by atoms with van der Waals surface area (Å²) in [5, 5.41) is 0. The number of aromatic nitrogens is 2. The minimum absolute atomic E-state index is 0.903. The summed E-state index contributed by atoms with van der Waals surface area (Å²) in [6, 6.07) is 8.05. The molecule has 62 valence electrons. The van der Waals surface area contributed by atoms with Crippen LogP contribution >= 0.6 is 0 Å². The molecule has 0 unspecified atom stereocenters. The van der Waals surface area contributed by atoms with Crippen molar-refractivity contribution in [3.8, 4) is 0 Å².